The van der Waals surface area contributed by atoms with E-state index in [2.05, 4.69) is 0 Å². The van der Waals surface area contributed by atoms with Gasteiger partial charge < -0.3 is 0 Å². The summed E-state index contributed by atoms with van der Waals surface area (Å²) >= 11 is 5.83. The summed E-state index contributed by atoms with van der Waals surface area (Å²) in [4.78, 5) is 0.311. The molecule has 18 heavy (non-hydrogen) atoms. The molecule has 0 unspecified atom stereocenters. The van der Waals surface area contributed by atoms with Crippen molar-refractivity contribution in [2.24, 2.45) is 0 Å². The van der Waals surface area contributed by atoms with Crippen LogP contribution in [0.2, 0.25) is 0 Å². The van der Waals surface area contributed by atoms with Crippen LogP contribution in [0.1, 0.15) is 25.0 Å². The van der Waals surface area contributed by atoms with Gasteiger partial charge in [0.25, 0.3) is 0 Å². The Morgan fingerprint density at radius 1 is 1.22 bits per heavy atom. The fourth-order valence-electron chi connectivity index (χ4n) is 1.44. The maximum absolute atomic E-state index is 12.5. The molecule has 3 nitrogen and oxygen atoms in total. The summed E-state index contributed by atoms with van der Waals surface area (Å²) in [7, 11) is -1.94. The Morgan fingerprint density at radius 3 is 2.22 bits per heavy atom. The SMILES string of the molecule is Cc1ccc(S(=O)(=O)N(C)C(C)(C)CCl)cc1C. The predicted molar refractivity (Wildman–Crippen MR) is 75.7 cm³/mol. The highest BCUT2D eigenvalue weighted by atomic mass is 35.5. The van der Waals surface area contributed by atoms with E-state index >= 15 is 0 Å². The minimum absolute atomic E-state index is 0.244. The third kappa shape index (κ3) is 2.87. The molecule has 102 valence electrons. The van der Waals surface area contributed by atoms with E-state index in [1.165, 1.54) is 4.31 Å². The zero-order chi connectivity index (χ0) is 14.1. The fraction of sp³-hybridized carbons (Fsp3) is 0.538. The van der Waals surface area contributed by atoms with Gasteiger partial charge in [-0.2, -0.15) is 4.31 Å². The topological polar surface area (TPSA) is 37.4 Å². The van der Waals surface area contributed by atoms with Crippen LogP contribution in [0.3, 0.4) is 0 Å². The average Bonchev–Trinajstić information content (AvgIpc) is 2.31. The molecular formula is C13H20ClNO2S. The van der Waals surface area contributed by atoms with Gasteiger partial charge in [-0.05, 0) is 51.0 Å². The maximum atomic E-state index is 12.5. The molecule has 0 saturated heterocycles. The number of benzene rings is 1. The van der Waals surface area contributed by atoms with Crippen molar-refractivity contribution >= 4 is 21.6 Å². The Hall–Kier alpha value is -0.580. The van der Waals surface area contributed by atoms with E-state index in [0.717, 1.165) is 11.1 Å². The first-order chi connectivity index (χ1) is 8.13. The molecule has 0 aromatic heterocycles. The van der Waals surface area contributed by atoms with Gasteiger partial charge in [-0.15, -0.1) is 11.6 Å². The number of hydrogen-bond donors (Lipinski definition) is 0. The van der Waals surface area contributed by atoms with Crippen molar-refractivity contribution in [3.05, 3.63) is 29.3 Å². The lowest BCUT2D eigenvalue weighted by Crippen LogP contribution is -2.46. The highest BCUT2D eigenvalue weighted by molar-refractivity contribution is 7.89. The van der Waals surface area contributed by atoms with Gasteiger partial charge in [0.15, 0.2) is 0 Å². The number of hydrogen-bond acceptors (Lipinski definition) is 2. The molecule has 0 radical (unpaired) electrons. The van der Waals surface area contributed by atoms with Crippen molar-refractivity contribution in [3.63, 3.8) is 0 Å². The van der Waals surface area contributed by atoms with Crippen molar-refractivity contribution in [3.8, 4) is 0 Å². The van der Waals surface area contributed by atoms with Crippen LogP contribution in [0.15, 0.2) is 23.1 Å². The van der Waals surface area contributed by atoms with Crippen molar-refractivity contribution in [1.82, 2.24) is 4.31 Å². The molecule has 0 aliphatic carbocycles. The third-order valence-electron chi connectivity index (χ3n) is 3.32. The molecule has 0 fully saturated rings. The average molecular weight is 290 g/mol. The number of nitrogens with zero attached hydrogens (tertiary/aromatic N) is 1. The first-order valence-electron chi connectivity index (χ1n) is 5.75. The Balaban J connectivity index is 3.26. The van der Waals surface area contributed by atoms with Crippen molar-refractivity contribution in [2.45, 2.75) is 38.1 Å². The van der Waals surface area contributed by atoms with Crippen molar-refractivity contribution < 1.29 is 8.42 Å². The van der Waals surface area contributed by atoms with E-state index in [1.54, 1.807) is 33.0 Å². The molecule has 0 amide bonds. The number of sulfonamides is 1. The standard InChI is InChI=1S/C13H20ClNO2S/c1-10-6-7-12(8-11(10)2)18(16,17)15(5)13(3,4)9-14/h6-8H,9H2,1-5H3. The molecule has 0 bridgehead atoms. The minimum Gasteiger partial charge on any atom is -0.207 e. The van der Waals surface area contributed by atoms with E-state index in [9.17, 15) is 8.42 Å². The smallest absolute Gasteiger partial charge is 0.207 e. The van der Waals surface area contributed by atoms with Gasteiger partial charge in [-0.25, -0.2) is 8.42 Å². The molecule has 0 heterocycles. The summed E-state index contributed by atoms with van der Waals surface area (Å²) in [5.74, 6) is 0.244. The summed E-state index contributed by atoms with van der Waals surface area (Å²) < 4.78 is 26.3. The van der Waals surface area contributed by atoms with Gasteiger partial charge in [0, 0.05) is 18.5 Å². The van der Waals surface area contributed by atoms with Gasteiger partial charge in [0.2, 0.25) is 10.0 Å². The van der Waals surface area contributed by atoms with Crippen LogP contribution < -0.4 is 0 Å². The van der Waals surface area contributed by atoms with E-state index in [1.807, 2.05) is 19.9 Å². The summed E-state index contributed by atoms with van der Waals surface area (Å²) in [6, 6.07) is 5.16. The molecule has 0 aliphatic rings. The van der Waals surface area contributed by atoms with Crippen LogP contribution in [0.5, 0.6) is 0 Å². The molecular weight excluding hydrogens is 270 g/mol. The van der Waals surface area contributed by atoms with Gasteiger partial charge in [-0.1, -0.05) is 6.07 Å². The molecule has 5 heteroatoms. The molecule has 0 N–H and O–H groups in total. The summed E-state index contributed by atoms with van der Waals surface area (Å²) in [5, 5.41) is 0. The van der Waals surface area contributed by atoms with Crippen LogP contribution in [-0.2, 0) is 10.0 Å². The van der Waals surface area contributed by atoms with Crippen molar-refractivity contribution in [2.75, 3.05) is 12.9 Å². The first-order valence-corrected chi connectivity index (χ1v) is 7.72. The largest absolute Gasteiger partial charge is 0.243 e. The van der Waals surface area contributed by atoms with Crippen LogP contribution >= 0.6 is 11.6 Å². The van der Waals surface area contributed by atoms with E-state index in [0.29, 0.717) is 4.90 Å². The van der Waals surface area contributed by atoms with E-state index < -0.39 is 15.6 Å². The molecule has 1 aromatic carbocycles. The monoisotopic (exact) mass is 289 g/mol. The lowest BCUT2D eigenvalue weighted by molar-refractivity contribution is 0.296. The number of halogens is 1. The van der Waals surface area contributed by atoms with Gasteiger partial charge >= 0.3 is 0 Å². The normalized spacial score (nSPS) is 13.1. The predicted octanol–water partition coefficient (Wildman–Crippen LogP) is 2.94. The minimum atomic E-state index is -3.50. The Labute approximate surface area is 115 Å². The number of aryl methyl sites for hydroxylation is 2. The Kier molecular flexibility index (Phi) is 4.47. The Morgan fingerprint density at radius 2 is 1.78 bits per heavy atom. The molecule has 1 rings (SSSR count). The molecule has 0 saturated carbocycles. The Bertz CT molecular complexity index is 538. The van der Waals surface area contributed by atoms with Gasteiger partial charge in [-0.3, -0.25) is 0 Å². The quantitative estimate of drug-likeness (QED) is 0.799. The second-order valence-corrected chi connectivity index (χ2v) is 7.40. The highest BCUT2D eigenvalue weighted by Gasteiger charge is 2.33. The summed E-state index contributed by atoms with van der Waals surface area (Å²) in [6.07, 6.45) is 0. The summed E-state index contributed by atoms with van der Waals surface area (Å²) in [6.45, 7) is 7.47. The lowest BCUT2D eigenvalue weighted by Gasteiger charge is -2.32. The molecule has 0 atom stereocenters. The zero-order valence-corrected chi connectivity index (χ0v) is 13.1. The number of alkyl halides is 1. The third-order valence-corrected chi connectivity index (χ3v) is 6.04. The van der Waals surface area contributed by atoms with Crippen LogP contribution in [0.25, 0.3) is 0 Å². The summed E-state index contributed by atoms with van der Waals surface area (Å²) in [5.41, 5.74) is 1.43. The molecule has 0 aliphatic heterocycles. The second-order valence-electron chi connectivity index (χ2n) is 5.16. The maximum Gasteiger partial charge on any atom is 0.243 e. The number of rotatable bonds is 4. The first kappa shape index (κ1) is 15.5. The zero-order valence-electron chi connectivity index (χ0n) is 11.5. The van der Waals surface area contributed by atoms with Crippen LogP contribution in [0, 0.1) is 13.8 Å². The van der Waals surface area contributed by atoms with Gasteiger partial charge in [0.05, 0.1) is 4.90 Å². The highest BCUT2D eigenvalue weighted by Crippen LogP contribution is 2.25. The lowest BCUT2D eigenvalue weighted by atomic mass is 10.1. The second kappa shape index (κ2) is 5.19. The molecule has 0 spiro atoms. The van der Waals surface area contributed by atoms with Crippen LogP contribution in [0.4, 0.5) is 0 Å². The fourth-order valence-corrected chi connectivity index (χ4v) is 3.29. The van der Waals surface area contributed by atoms with Crippen LogP contribution in [-0.4, -0.2) is 31.2 Å². The molecule has 1 aromatic rings. The van der Waals surface area contributed by atoms with Gasteiger partial charge in [0.1, 0.15) is 0 Å². The van der Waals surface area contributed by atoms with E-state index in [4.69, 9.17) is 11.6 Å². The van der Waals surface area contributed by atoms with E-state index in [-0.39, 0.29) is 5.88 Å². The van der Waals surface area contributed by atoms with Crippen molar-refractivity contribution in [1.29, 1.82) is 0 Å².